The number of piperazine rings is 1. The van der Waals surface area contributed by atoms with Gasteiger partial charge in [-0.3, -0.25) is 4.90 Å². The lowest BCUT2D eigenvalue weighted by Gasteiger charge is -2.34. The van der Waals surface area contributed by atoms with E-state index in [0.717, 1.165) is 50.6 Å². The van der Waals surface area contributed by atoms with Crippen molar-refractivity contribution < 1.29 is 19.0 Å². The summed E-state index contributed by atoms with van der Waals surface area (Å²) in [5.74, 6) is 2.26. The van der Waals surface area contributed by atoms with Gasteiger partial charge in [0.1, 0.15) is 5.75 Å². The van der Waals surface area contributed by atoms with Crippen LogP contribution < -0.4 is 19.5 Å². The smallest absolute Gasteiger partial charge is 0.321 e. The summed E-state index contributed by atoms with van der Waals surface area (Å²) < 4.78 is 15.8. The van der Waals surface area contributed by atoms with Crippen molar-refractivity contribution >= 4 is 11.7 Å². The van der Waals surface area contributed by atoms with E-state index in [1.54, 1.807) is 13.2 Å². The Hall–Kier alpha value is -2.93. The van der Waals surface area contributed by atoms with E-state index in [1.165, 1.54) is 5.56 Å². The van der Waals surface area contributed by atoms with Crippen LogP contribution in [0.5, 0.6) is 17.2 Å². The highest BCUT2D eigenvalue weighted by atomic mass is 16.7. The zero-order chi connectivity index (χ0) is 19.3. The SMILES string of the molecule is COc1ccc(CCN2CCN(C(=O)Nc3ccc4c(c3)OCO4)CC2)cc1. The maximum absolute atomic E-state index is 12.5. The van der Waals surface area contributed by atoms with E-state index in [4.69, 9.17) is 14.2 Å². The predicted molar refractivity (Wildman–Crippen MR) is 106 cm³/mol. The summed E-state index contributed by atoms with van der Waals surface area (Å²) >= 11 is 0. The van der Waals surface area contributed by atoms with Crippen LogP contribution in [0.25, 0.3) is 0 Å². The lowest BCUT2D eigenvalue weighted by atomic mass is 10.1. The first-order valence-corrected chi connectivity index (χ1v) is 9.52. The van der Waals surface area contributed by atoms with Crippen molar-refractivity contribution in [2.24, 2.45) is 0 Å². The molecule has 2 amide bonds. The van der Waals surface area contributed by atoms with Gasteiger partial charge in [-0.2, -0.15) is 0 Å². The van der Waals surface area contributed by atoms with E-state index in [2.05, 4.69) is 22.3 Å². The molecule has 2 aromatic rings. The number of hydrogen-bond donors (Lipinski definition) is 1. The third kappa shape index (κ3) is 4.31. The summed E-state index contributed by atoms with van der Waals surface area (Å²) in [5.41, 5.74) is 2.01. The Morgan fingerprint density at radius 2 is 1.79 bits per heavy atom. The van der Waals surface area contributed by atoms with E-state index < -0.39 is 0 Å². The molecular weight excluding hydrogens is 358 g/mol. The topological polar surface area (TPSA) is 63.3 Å². The molecule has 28 heavy (non-hydrogen) atoms. The number of nitrogens with zero attached hydrogens (tertiary/aromatic N) is 2. The first-order chi connectivity index (χ1) is 13.7. The summed E-state index contributed by atoms with van der Waals surface area (Å²) in [6.45, 7) is 4.42. The first kappa shape index (κ1) is 18.4. The van der Waals surface area contributed by atoms with Crippen molar-refractivity contribution in [2.75, 3.05) is 51.9 Å². The Morgan fingerprint density at radius 1 is 1.04 bits per heavy atom. The zero-order valence-electron chi connectivity index (χ0n) is 16.0. The van der Waals surface area contributed by atoms with E-state index in [9.17, 15) is 4.79 Å². The number of methoxy groups -OCH3 is 1. The van der Waals surface area contributed by atoms with Crippen LogP contribution in [0.1, 0.15) is 5.56 Å². The van der Waals surface area contributed by atoms with Crippen LogP contribution in [-0.4, -0.2) is 62.5 Å². The number of carbonyl (C=O) groups is 1. The molecule has 7 heteroatoms. The maximum Gasteiger partial charge on any atom is 0.321 e. The van der Waals surface area contributed by atoms with Gasteiger partial charge in [-0.05, 0) is 36.2 Å². The van der Waals surface area contributed by atoms with Gasteiger partial charge >= 0.3 is 6.03 Å². The van der Waals surface area contributed by atoms with Gasteiger partial charge in [0.25, 0.3) is 0 Å². The van der Waals surface area contributed by atoms with Gasteiger partial charge in [0.15, 0.2) is 11.5 Å². The minimum Gasteiger partial charge on any atom is -0.497 e. The fourth-order valence-corrected chi connectivity index (χ4v) is 3.43. The second-order valence-electron chi connectivity index (χ2n) is 6.92. The summed E-state index contributed by atoms with van der Waals surface area (Å²) in [4.78, 5) is 16.8. The molecule has 4 rings (SSSR count). The van der Waals surface area contributed by atoms with Crippen LogP contribution in [0, 0.1) is 0 Å². The molecule has 2 heterocycles. The molecule has 0 spiro atoms. The fraction of sp³-hybridized carbons (Fsp3) is 0.381. The average molecular weight is 383 g/mol. The molecule has 1 N–H and O–H groups in total. The molecule has 0 radical (unpaired) electrons. The van der Waals surface area contributed by atoms with Gasteiger partial charge < -0.3 is 24.4 Å². The molecule has 1 fully saturated rings. The lowest BCUT2D eigenvalue weighted by Crippen LogP contribution is -2.50. The van der Waals surface area contributed by atoms with Crippen LogP contribution in [0.3, 0.4) is 0 Å². The number of ether oxygens (including phenoxy) is 3. The van der Waals surface area contributed by atoms with Gasteiger partial charge in [0, 0.05) is 44.5 Å². The van der Waals surface area contributed by atoms with Crippen LogP contribution in [-0.2, 0) is 6.42 Å². The van der Waals surface area contributed by atoms with E-state index in [1.807, 2.05) is 29.2 Å². The summed E-state index contributed by atoms with van der Waals surface area (Å²) in [6, 6.07) is 13.6. The van der Waals surface area contributed by atoms with Gasteiger partial charge in [0.2, 0.25) is 6.79 Å². The summed E-state index contributed by atoms with van der Waals surface area (Å²) in [6.07, 6.45) is 0.993. The Balaban J connectivity index is 1.22. The molecule has 7 nitrogen and oxygen atoms in total. The van der Waals surface area contributed by atoms with Crippen LogP contribution in [0.15, 0.2) is 42.5 Å². The van der Waals surface area contributed by atoms with E-state index in [-0.39, 0.29) is 12.8 Å². The molecule has 148 valence electrons. The molecule has 0 atom stereocenters. The minimum absolute atomic E-state index is 0.0753. The van der Waals surface area contributed by atoms with Crippen molar-refractivity contribution in [1.29, 1.82) is 0 Å². The molecule has 2 aromatic carbocycles. The average Bonchev–Trinajstić information content (AvgIpc) is 3.21. The molecule has 0 saturated carbocycles. The Morgan fingerprint density at radius 3 is 2.54 bits per heavy atom. The lowest BCUT2D eigenvalue weighted by molar-refractivity contribution is 0.148. The maximum atomic E-state index is 12.5. The molecule has 2 aliphatic heterocycles. The van der Waals surface area contributed by atoms with Gasteiger partial charge in [-0.25, -0.2) is 4.79 Å². The Bertz CT molecular complexity index is 817. The Labute approximate surface area is 164 Å². The Kier molecular flexibility index (Phi) is 5.53. The van der Waals surface area contributed by atoms with Crippen molar-refractivity contribution in [3.05, 3.63) is 48.0 Å². The molecule has 0 unspecified atom stereocenters. The number of anilines is 1. The number of benzene rings is 2. The molecular formula is C21H25N3O4. The second-order valence-corrected chi connectivity index (χ2v) is 6.92. The number of urea groups is 1. The number of nitrogens with one attached hydrogen (secondary N) is 1. The molecule has 1 saturated heterocycles. The van der Waals surface area contributed by atoms with E-state index >= 15 is 0 Å². The van der Waals surface area contributed by atoms with Gasteiger partial charge in [-0.15, -0.1) is 0 Å². The largest absolute Gasteiger partial charge is 0.497 e. The van der Waals surface area contributed by atoms with Crippen LogP contribution in [0.2, 0.25) is 0 Å². The molecule has 0 bridgehead atoms. The fourth-order valence-electron chi connectivity index (χ4n) is 3.43. The van der Waals surface area contributed by atoms with Crippen molar-refractivity contribution in [3.8, 4) is 17.2 Å². The van der Waals surface area contributed by atoms with Crippen molar-refractivity contribution in [2.45, 2.75) is 6.42 Å². The number of hydrogen-bond acceptors (Lipinski definition) is 5. The summed E-state index contributed by atoms with van der Waals surface area (Å²) in [7, 11) is 1.68. The van der Waals surface area contributed by atoms with Crippen LogP contribution >= 0.6 is 0 Å². The van der Waals surface area contributed by atoms with Crippen molar-refractivity contribution in [3.63, 3.8) is 0 Å². The normalized spacial score (nSPS) is 16.1. The third-order valence-corrected chi connectivity index (χ3v) is 5.16. The van der Waals surface area contributed by atoms with Gasteiger partial charge in [-0.1, -0.05) is 12.1 Å². The first-order valence-electron chi connectivity index (χ1n) is 9.52. The molecule has 2 aliphatic rings. The number of amides is 2. The van der Waals surface area contributed by atoms with Crippen molar-refractivity contribution in [1.82, 2.24) is 9.80 Å². The van der Waals surface area contributed by atoms with Gasteiger partial charge in [0.05, 0.1) is 7.11 Å². The minimum atomic E-state index is -0.0753. The quantitative estimate of drug-likeness (QED) is 0.860. The number of fused-ring (bicyclic) bond motifs is 1. The third-order valence-electron chi connectivity index (χ3n) is 5.16. The number of carbonyl (C=O) groups excluding carboxylic acids is 1. The van der Waals surface area contributed by atoms with E-state index in [0.29, 0.717) is 11.5 Å². The highest BCUT2D eigenvalue weighted by Gasteiger charge is 2.22. The monoisotopic (exact) mass is 383 g/mol. The highest BCUT2D eigenvalue weighted by molar-refractivity contribution is 5.89. The standard InChI is InChI=1S/C21H25N3O4/c1-26-18-5-2-16(3-6-18)8-9-23-10-12-24(13-11-23)21(25)22-17-4-7-19-20(14-17)28-15-27-19/h2-7,14H,8-13,15H2,1H3,(H,22,25). The zero-order valence-corrected chi connectivity index (χ0v) is 16.0. The second kappa shape index (κ2) is 8.39. The van der Waals surface area contributed by atoms with Crippen LogP contribution in [0.4, 0.5) is 10.5 Å². The molecule has 0 aliphatic carbocycles. The number of rotatable bonds is 5. The molecule has 0 aromatic heterocycles. The summed E-state index contributed by atoms with van der Waals surface area (Å²) in [5, 5.41) is 2.95. The highest BCUT2D eigenvalue weighted by Crippen LogP contribution is 2.34. The predicted octanol–water partition coefficient (Wildman–Crippen LogP) is 2.82.